The standard InChI is InChI=1S/C21H20N2O4/c1-22(2)16-9-7-14(8-10-16)17-6-4-3-5-15(17)11-23-12-18(21(26)27)20(25)19(24)13-23/h3-10,12-13,24H,11H2,1-2H3,(H,26,27). The molecule has 0 amide bonds. The van der Waals surface area contributed by atoms with Crippen LogP contribution in [0.1, 0.15) is 15.9 Å². The SMILES string of the molecule is CN(C)c1ccc(-c2ccccc2Cn2cc(O)c(=O)c(C(=O)O)c2)cc1. The minimum absolute atomic E-state index is 0.319. The molecule has 3 rings (SSSR count). The molecule has 1 heterocycles. The number of anilines is 1. The van der Waals surface area contributed by atoms with Crippen LogP contribution in [0, 0.1) is 0 Å². The first kappa shape index (κ1) is 18.3. The largest absolute Gasteiger partial charge is 0.503 e. The normalized spacial score (nSPS) is 10.6. The van der Waals surface area contributed by atoms with Gasteiger partial charge in [-0.2, -0.15) is 0 Å². The van der Waals surface area contributed by atoms with Crippen LogP contribution in [-0.4, -0.2) is 34.8 Å². The van der Waals surface area contributed by atoms with Gasteiger partial charge in [0.2, 0.25) is 5.43 Å². The van der Waals surface area contributed by atoms with E-state index in [0.717, 1.165) is 22.4 Å². The van der Waals surface area contributed by atoms with Crippen LogP contribution in [0.4, 0.5) is 5.69 Å². The molecule has 2 N–H and O–H groups in total. The Balaban J connectivity index is 2.00. The third kappa shape index (κ3) is 3.84. The summed E-state index contributed by atoms with van der Waals surface area (Å²) >= 11 is 0. The van der Waals surface area contributed by atoms with Crippen molar-refractivity contribution >= 4 is 11.7 Å². The van der Waals surface area contributed by atoms with E-state index in [2.05, 4.69) is 0 Å². The maximum absolute atomic E-state index is 11.7. The van der Waals surface area contributed by atoms with Crippen LogP contribution < -0.4 is 10.3 Å². The monoisotopic (exact) mass is 364 g/mol. The topological polar surface area (TPSA) is 82.8 Å². The predicted octanol–water partition coefficient (Wildman–Crippen LogP) is 3.03. The molecular formula is C21H20N2O4. The summed E-state index contributed by atoms with van der Waals surface area (Å²) < 4.78 is 1.51. The van der Waals surface area contributed by atoms with Crippen LogP contribution in [0.25, 0.3) is 11.1 Å². The summed E-state index contributed by atoms with van der Waals surface area (Å²) in [5.74, 6) is -1.94. The summed E-state index contributed by atoms with van der Waals surface area (Å²) in [4.78, 5) is 25.0. The van der Waals surface area contributed by atoms with Crippen molar-refractivity contribution in [2.45, 2.75) is 6.54 Å². The second-order valence-corrected chi connectivity index (χ2v) is 6.46. The van der Waals surface area contributed by atoms with Crippen molar-refractivity contribution in [2.24, 2.45) is 0 Å². The van der Waals surface area contributed by atoms with E-state index < -0.39 is 22.7 Å². The van der Waals surface area contributed by atoms with Gasteiger partial charge < -0.3 is 19.7 Å². The second-order valence-electron chi connectivity index (χ2n) is 6.46. The minimum atomic E-state index is -1.36. The predicted molar refractivity (Wildman–Crippen MR) is 105 cm³/mol. The number of carboxylic acids is 1. The maximum Gasteiger partial charge on any atom is 0.341 e. The van der Waals surface area contributed by atoms with E-state index in [1.54, 1.807) is 0 Å². The summed E-state index contributed by atoms with van der Waals surface area (Å²) in [6.07, 6.45) is 2.50. The van der Waals surface area contributed by atoms with E-state index in [9.17, 15) is 14.7 Å². The molecule has 0 aliphatic carbocycles. The Bertz CT molecular complexity index is 1040. The van der Waals surface area contributed by atoms with Crippen LogP contribution >= 0.6 is 0 Å². The molecule has 0 aliphatic heterocycles. The number of hydrogen-bond donors (Lipinski definition) is 2. The lowest BCUT2D eigenvalue weighted by Crippen LogP contribution is -2.17. The number of nitrogens with zero attached hydrogens (tertiary/aromatic N) is 2. The van der Waals surface area contributed by atoms with Crippen LogP contribution in [0.3, 0.4) is 0 Å². The first-order valence-electron chi connectivity index (χ1n) is 8.39. The number of aromatic carboxylic acids is 1. The number of pyridine rings is 1. The number of aromatic nitrogens is 1. The van der Waals surface area contributed by atoms with Gasteiger partial charge in [-0.15, -0.1) is 0 Å². The molecule has 0 saturated carbocycles. The quantitative estimate of drug-likeness (QED) is 0.727. The molecule has 6 nitrogen and oxygen atoms in total. The van der Waals surface area contributed by atoms with Crippen LogP contribution in [0.15, 0.2) is 65.7 Å². The molecule has 0 saturated heterocycles. The number of rotatable bonds is 5. The van der Waals surface area contributed by atoms with E-state index in [1.807, 2.05) is 67.5 Å². The van der Waals surface area contributed by atoms with Gasteiger partial charge >= 0.3 is 5.97 Å². The highest BCUT2D eigenvalue weighted by molar-refractivity contribution is 5.87. The average molecular weight is 364 g/mol. The highest BCUT2D eigenvalue weighted by Crippen LogP contribution is 2.26. The summed E-state index contributed by atoms with van der Waals surface area (Å²) in [6.45, 7) is 0.319. The van der Waals surface area contributed by atoms with Gasteiger partial charge in [0.15, 0.2) is 5.75 Å². The van der Waals surface area contributed by atoms with E-state index in [4.69, 9.17) is 5.11 Å². The lowest BCUT2D eigenvalue weighted by atomic mass is 9.99. The molecule has 0 unspecified atom stereocenters. The van der Waals surface area contributed by atoms with E-state index in [1.165, 1.54) is 17.0 Å². The molecule has 27 heavy (non-hydrogen) atoms. The van der Waals surface area contributed by atoms with Gasteiger partial charge in [-0.3, -0.25) is 4.79 Å². The van der Waals surface area contributed by atoms with Gasteiger partial charge in [0.1, 0.15) is 5.56 Å². The average Bonchev–Trinajstić information content (AvgIpc) is 2.65. The molecule has 0 aliphatic rings. The third-order valence-corrected chi connectivity index (χ3v) is 4.36. The van der Waals surface area contributed by atoms with Crippen LogP contribution in [0.2, 0.25) is 0 Å². The molecule has 0 fully saturated rings. The zero-order valence-corrected chi connectivity index (χ0v) is 15.1. The summed E-state index contributed by atoms with van der Waals surface area (Å²) in [6, 6.07) is 15.9. The molecular weight excluding hydrogens is 344 g/mol. The van der Waals surface area contributed by atoms with Crippen molar-refractivity contribution in [1.82, 2.24) is 4.57 Å². The molecule has 0 bridgehead atoms. The van der Waals surface area contributed by atoms with E-state index in [-0.39, 0.29) is 0 Å². The van der Waals surface area contributed by atoms with E-state index >= 15 is 0 Å². The Hall–Kier alpha value is -3.54. The first-order valence-corrected chi connectivity index (χ1v) is 8.39. The van der Waals surface area contributed by atoms with Crippen molar-refractivity contribution in [3.05, 3.63) is 82.3 Å². The zero-order valence-electron chi connectivity index (χ0n) is 15.1. The molecule has 0 radical (unpaired) electrons. The fourth-order valence-corrected chi connectivity index (χ4v) is 2.93. The van der Waals surface area contributed by atoms with Gasteiger partial charge in [-0.05, 0) is 28.8 Å². The zero-order chi connectivity index (χ0) is 19.6. The molecule has 3 aromatic rings. The van der Waals surface area contributed by atoms with Crippen molar-refractivity contribution < 1.29 is 15.0 Å². The highest BCUT2D eigenvalue weighted by atomic mass is 16.4. The van der Waals surface area contributed by atoms with Crippen LogP contribution in [0.5, 0.6) is 5.75 Å². The van der Waals surface area contributed by atoms with Gasteiger partial charge in [-0.25, -0.2) is 4.79 Å². The summed E-state index contributed by atoms with van der Waals surface area (Å²) in [5, 5.41) is 18.9. The number of benzene rings is 2. The van der Waals surface area contributed by atoms with Crippen molar-refractivity contribution in [3.63, 3.8) is 0 Å². The molecule has 0 spiro atoms. The molecule has 1 aromatic heterocycles. The third-order valence-electron chi connectivity index (χ3n) is 4.36. The lowest BCUT2D eigenvalue weighted by Gasteiger charge is -2.15. The number of carbonyl (C=O) groups is 1. The molecule has 2 aromatic carbocycles. The van der Waals surface area contributed by atoms with Crippen molar-refractivity contribution in [3.8, 4) is 16.9 Å². The first-order chi connectivity index (χ1) is 12.9. The molecule has 138 valence electrons. The van der Waals surface area contributed by atoms with Crippen molar-refractivity contribution in [1.29, 1.82) is 0 Å². The minimum Gasteiger partial charge on any atom is -0.503 e. The summed E-state index contributed by atoms with van der Waals surface area (Å²) in [7, 11) is 3.96. The summed E-state index contributed by atoms with van der Waals surface area (Å²) in [5.41, 5.74) is 2.72. The Labute approximate surface area is 156 Å². The van der Waals surface area contributed by atoms with Gasteiger partial charge in [-0.1, -0.05) is 36.4 Å². The molecule has 0 atom stereocenters. The Kier molecular flexibility index (Phi) is 4.98. The van der Waals surface area contributed by atoms with Gasteiger partial charge in [0.25, 0.3) is 0 Å². The second kappa shape index (κ2) is 7.37. The Morgan fingerprint density at radius 2 is 1.70 bits per heavy atom. The van der Waals surface area contributed by atoms with Gasteiger partial charge in [0, 0.05) is 32.5 Å². The lowest BCUT2D eigenvalue weighted by molar-refractivity contribution is 0.0694. The highest BCUT2D eigenvalue weighted by Gasteiger charge is 2.14. The van der Waals surface area contributed by atoms with Crippen molar-refractivity contribution in [2.75, 3.05) is 19.0 Å². The molecule has 6 heteroatoms. The number of aromatic hydroxyl groups is 1. The number of carboxylic acid groups (broad SMARTS) is 1. The Morgan fingerprint density at radius 3 is 2.33 bits per heavy atom. The Morgan fingerprint density at radius 1 is 1.04 bits per heavy atom. The smallest absolute Gasteiger partial charge is 0.341 e. The fourth-order valence-electron chi connectivity index (χ4n) is 2.93. The van der Waals surface area contributed by atoms with Gasteiger partial charge in [0.05, 0.1) is 6.20 Å². The maximum atomic E-state index is 11.7. The fraction of sp³-hybridized carbons (Fsp3) is 0.143. The van der Waals surface area contributed by atoms with Crippen LogP contribution in [-0.2, 0) is 6.54 Å². The van der Waals surface area contributed by atoms with E-state index in [0.29, 0.717) is 6.54 Å². The number of hydrogen-bond acceptors (Lipinski definition) is 4.